The number of amides is 1. The molecule has 2 fully saturated rings. The lowest BCUT2D eigenvalue weighted by molar-refractivity contribution is -0.136. The Morgan fingerprint density at radius 1 is 1.35 bits per heavy atom. The molecular formula is C14H21N3O3. The maximum atomic E-state index is 12.2. The molecule has 1 aromatic rings. The summed E-state index contributed by atoms with van der Waals surface area (Å²) >= 11 is 0. The summed E-state index contributed by atoms with van der Waals surface area (Å²) < 4.78 is 5.18. The van der Waals surface area contributed by atoms with Crippen molar-refractivity contribution in [3.63, 3.8) is 0 Å². The Morgan fingerprint density at radius 3 is 2.95 bits per heavy atom. The van der Waals surface area contributed by atoms with E-state index in [2.05, 4.69) is 10.1 Å². The summed E-state index contributed by atoms with van der Waals surface area (Å²) in [4.78, 5) is 18.4. The lowest BCUT2D eigenvalue weighted by atomic mass is 10.0. The van der Waals surface area contributed by atoms with Gasteiger partial charge in [-0.3, -0.25) is 4.79 Å². The quantitative estimate of drug-likeness (QED) is 0.877. The molecule has 2 heterocycles. The van der Waals surface area contributed by atoms with Crippen molar-refractivity contribution in [2.45, 2.75) is 56.9 Å². The topological polar surface area (TPSA) is 79.5 Å². The van der Waals surface area contributed by atoms with Gasteiger partial charge >= 0.3 is 0 Å². The second-order valence-electron chi connectivity index (χ2n) is 5.74. The second kappa shape index (κ2) is 5.91. The second-order valence-corrected chi connectivity index (χ2v) is 5.74. The van der Waals surface area contributed by atoms with E-state index >= 15 is 0 Å². The standard InChI is InChI=1S/C14H21N3O3/c18-9-11-3-1-2-8-17(11)13(19)7-6-12-15-14(16-20-12)10-4-5-10/h10-11,18H,1-9H2. The zero-order chi connectivity index (χ0) is 13.9. The molecule has 6 nitrogen and oxygen atoms in total. The summed E-state index contributed by atoms with van der Waals surface area (Å²) in [7, 11) is 0. The first-order valence-corrected chi connectivity index (χ1v) is 7.50. The van der Waals surface area contributed by atoms with Crippen LogP contribution in [0.3, 0.4) is 0 Å². The third-order valence-electron chi connectivity index (χ3n) is 4.14. The van der Waals surface area contributed by atoms with Crippen molar-refractivity contribution in [1.29, 1.82) is 0 Å². The van der Waals surface area contributed by atoms with E-state index in [1.165, 1.54) is 0 Å². The number of nitrogens with zero attached hydrogens (tertiary/aromatic N) is 3. The van der Waals surface area contributed by atoms with Crippen molar-refractivity contribution in [3.8, 4) is 0 Å². The SMILES string of the molecule is O=C(CCc1nc(C2CC2)no1)N1CCCCC1CO. The van der Waals surface area contributed by atoms with Gasteiger partial charge in [-0.25, -0.2) is 0 Å². The molecule has 1 amide bonds. The highest BCUT2D eigenvalue weighted by atomic mass is 16.5. The predicted molar refractivity (Wildman–Crippen MR) is 71.0 cm³/mol. The van der Waals surface area contributed by atoms with E-state index in [4.69, 9.17) is 4.52 Å². The average Bonchev–Trinajstić information content (AvgIpc) is 3.23. The van der Waals surface area contributed by atoms with Crippen molar-refractivity contribution in [2.75, 3.05) is 13.2 Å². The van der Waals surface area contributed by atoms with Crippen LogP contribution in [0.15, 0.2) is 4.52 Å². The summed E-state index contributed by atoms with van der Waals surface area (Å²) in [6.45, 7) is 0.805. The van der Waals surface area contributed by atoms with Crippen LogP contribution in [0.4, 0.5) is 0 Å². The molecule has 1 saturated heterocycles. The van der Waals surface area contributed by atoms with Gasteiger partial charge in [-0.2, -0.15) is 4.98 Å². The van der Waals surface area contributed by atoms with E-state index in [0.29, 0.717) is 24.7 Å². The molecule has 1 atom stereocenters. The highest BCUT2D eigenvalue weighted by Gasteiger charge is 2.29. The Balaban J connectivity index is 1.52. The molecule has 1 unspecified atom stereocenters. The molecule has 20 heavy (non-hydrogen) atoms. The third-order valence-corrected chi connectivity index (χ3v) is 4.14. The largest absolute Gasteiger partial charge is 0.394 e. The molecule has 0 spiro atoms. The van der Waals surface area contributed by atoms with Crippen molar-refractivity contribution < 1.29 is 14.4 Å². The normalized spacial score (nSPS) is 23.1. The molecule has 0 aromatic carbocycles. The van der Waals surface area contributed by atoms with Crippen molar-refractivity contribution >= 4 is 5.91 Å². The number of carbonyl (C=O) groups excluding carboxylic acids is 1. The highest BCUT2D eigenvalue weighted by molar-refractivity contribution is 5.76. The van der Waals surface area contributed by atoms with E-state index < -0.39 is 0 Å². The van der Waals surface area contributed by atoms with Crippen LogP contribution in [0, 0.1) is 0 Å². The highest BCUT2D eigenvalue weighted by Crippen LogP contribution is 2.38. The number of piperidine rings is 1. The minimum absolute atomic E-state index is 0.0130. The van der Waals surface area contributed by atoms with Gasteiger partial charge in [0.1, 0.15) is 0 Å². The summed E-state index contributed by atoms with van der Waals surface area (Å²) in [5.74, 6) is 1.90. The van der Waals surface area contributed by atoms with Crippen molar-refractivity contribution in [3.05, 3.63) is 11.7 Å². The Bertz CT molecular complexity index is 470. The van der Waals surface area contributed by atoms with Crippen LogP contribution in [-0.4, -0.2) is 45.2 Å². The van der Waals surface area contributed by atoms with Crippen LogP contribution >= 0.6 is 0 Å². The minimum Gasteiger partial charge on any atom is -0.394 e. The van der Waals surface area contributed by atoms with E-state index in [0.717, 1.165) is 44.5 Å². The van der Waals surface area contributed by atoms with Gasteiger partial charge in [0.15, 0.2) is 5.82 Å². The summed E-state index contributed by atoms with van der Waals surface area (Å²) in [5, 5.41) is 13.3. The first kappa shape index (κ1) is 13.5. The smallest absolute Gasteiger partial charge is 0.227 e. The molecular weight excluding hydrogens is 258 g/mol. The molecule has 1 aliphatic heterocycles. The van der Waals surface area contributed by atoms with Gasteiger partial charge in [0.05, 0.1) is 12.6 Å². The molecule has 0 radical (unpaired) electrons. The number of hydrogen-bond donors (Lipinski definition) is 1. The fourth-order valence-electron chi connectivity index (χ4n) is 2.75. The van der Waals surface area contributed by atoms with E-state index in [1.807, 2.05) is 4.90 Å². The average molecular weight is 279 g/mol. The molecule has 3 rings (SSSR count). The third kappa shape index (κ3) is 3.00. The number of aliphatic hydroxyl groups excluding tert-OH is 1. The Morgan fingerprint density at radius 2 is 2.20 bits per heavy atom. The number of aryl methyl sites for hydroxylation is 1. The number of aliphatic hydroxyl groups is 1. The Hall–Kier alpha value is -1.43. The summed E-state index contributed by atoms with van der Waals surface area (Å²) in [6.07, 6.45) is 6.16. The molecule has 6 heteroatoms. The lowest BCUT2D eigenvalue weighted by Crippen LogP contribution is -2.45. The van der Waals surface area contributed by atoms with Crippen LogP contribution in [0.25, 0.3) is 0 Å². The van der Waals surface area contributed by atoms with Crippen LogP contribution in [0.5, 0.6) is 0 Å². The van der Waals surface area contributed by atoms with Gasteiger partial charge < -0.3 is 14.5 Å². The fraction of sp³-hybridized carbons (Fsp3) is 0.786. The van der Waals surface area contributed by atoms with Crippen LogP contribution < -0.4 is 0 Å². The van der Waals surface area contributed by atoms with Gasteiger partial charge in [-0.1, -0.05) is 5.16 Å². The van der Waals surface area contributed by atoms with E-state index in [-0.39, 0.29) is 18.6 Å². The lowest BCUT2D eigenvalue weighted by Gasteiger charge is -2.34. The zero-order valence-corrected chi connectivity index (χ0v) is 11.6. The maximum absolute atomic E-state index is 12.2. The maximum Gasteiger partial charge on any atom is 0.227 e. The number of hydrogen-bond acceptors (Lipinski definition) is 5. The van der Waals surface area contributed by atoms with Gasteiger partial charge in [0.25, 0.3) is 0 Å². The summed E-state index contributed by atoms with van der Waals surface area (Å²) in [6, 6.07) is -0.0130. The molecule has 1 aliphatic carbocycles. The van der Waals surface area contributed by atoms with Gasteiger partial charge in [-0.15, -0.1) is 0 Å². The Labute approximate surface area is 118 Å². The number of likely N-dealkylation sites (tertiary alicyclic amines) is 1. The van der Waals surface area contributed by atoms with Gasteiger partial charge in [0.2, 0.25) is 11.8 Å². The van der Waals surface area contributed by atoms with Crippen molar-refractivity contribution in [2.24, 2.45) is 0 Å². The molecule has 1 saturated carbocycles. The first-order chi connectivity index (χ1) is 9.78. The zero-order valence-electron chi connectivity index (χ0n) is 11.6. The summed E-state index contributed by atoms with van der Waals surface area (Å²) in [5.41, 5.74) is 0. The van der Waals surface area contributed by atoms with E-state index in [1.54, 1.807) is 0 Å². The van der Waals surface area contributed by atoms with Crippen molar-refractivity contribution in [1.82, 2.24) is 15.0 Å². The molecule has 1 aromatic heterocycles. The Kier molecular flexibility index (Phi) is 4.00. The van der Waals surface area contributed by atoms with Crippen LogP contribution in [-0.2, 0) is 11.2 Å². The fourth-order valence-corrected chi connectivity index (χ4v) is 2.75. The number of aromatic nitrogens is 2. The van der Waals surface area contributed by atoms with E-state index in [9.17, 15) is 9.90 Å². The number of rotatable bonds is 5. The predicted octanol–water partition coefficient (Wildman–Crippen LogP) is 1.25. The molecule has 110 valence electrons. The van der Waals surface area contributed by atoms with Gasteiger partial charge in [0, 0.05) is 25.3 Å². The minimum atomic E-state index is -0.0130. The monoisotopic (exact) mass is 279 g/mol. The first-order valence-electron chi connectivity index (χ1n) is 7.50. The van der Waals surface area contributed by atoms with Crippen LogP contribution in [0.2, 0.25) is 0 Å². The molecule has 1 N–H and O–H groups in total. The van der Waals surface area contributed by atoms with Crippen LogP contribution in [0.1, 0.15) is 56.2 Å². The van der Waals surface area contributed by atoms with Gasteiger partial charge in [-0.05, 0) is 32.1 Å². The molecule has 2 aliphatic rings. The molecule has 0 bridgehead atoms. The number of carbonyl (C=O) groups is 1.